The molecule has 1 atom stereocenters. The number of carbonyl (C=O) groups excluding carboxylic acids is 2. The zero-order valence-electron chi connectivity index (χ0n) is 11.4. The van der Waals surface area contributed by atoms with Gasteiger partial charge in [-0.15, -0.1) is 0 Å². The Hall–Kier alpha value is -1.59. The molecule has 1 fully saturated rings. The van der Waals surface area contributed by atoms with Crippen molar-refractivity contribution in [3.63, 3.8) is 0 Å². The molecule has 0 saturated carbocycles. The van der Waals surface area contributed by atoms with E-state index in [1.807, 2.05) is 4.90 Å². The molecule has 1 heterocycles. The summed E-state index contributed by atoms with van der Waals surface area (Å²) in [7, 11) is 1.62. The van der Waals surface area contributed by atoms with Crippen LogP contribution in [-0.4, -0.2) is 42.9 Å². The molecule has 1 aliphatic heterocycles. The van der Waals surface area contributed by atoms with Gasteiger partial charge < -0.3 is 10.6 Å². The fourth-order valence-corrected chi connectivity index (χ4v) is 2.52. The summed E-state index contributed by atoms with van der Waals surface area (Å²) in [6.45, 7) is 0.993. The largest absolute Gasteiger partial charge is 0.358 e. The van der Waals surface area contributed by atoms with Crippen LogP contribution >= 0.6 is 11.6 Å². The van der Waals surface area contributed by atoms with Crippen molar-refractivity contribution in [1.82, 2.24) is 10.2 Å². The molecule has 1 saturated heterocycles. The predicted molar refractivity (Wildman–Crippen MR) is 78.7 cm³/mol. The third-order valence-electron chi connectivity index (χ3n) is 3.39. The van der Waals surface area contributed by atoms with Gasteiger partial charge in [0, 0.05) is 17.8 Å². The van der Waals surface area contributed by atoms with Crippen LogP contribution in [0.4, 0.5) is 5.69 Å². The van der Waals surface area contributed by atoms with Crippen LogP contribution in [0.25, 0.3) is 0 Å². The highest BCUT2D eigenvalue weighted by atomic mass is 35.5. The molecule has 2 N–H and O–H groups in total. The number of hydrogen-bond acceptors (Lipinski definition) is 3. The molecule has 0 radical (unpaired) electrons. The van der Waals surface area contributed by atoms with Crippen LogP contribution in [0.5, 0.6) is 0 Å². The number of likely N-dealkylation sites (N-methyl/N-ethyl adjacent to an activating group) is 1. The molecule has 2 amide bonds. The SMILES string of the molecule is CNC(=O)C1CCCN1CC(=O)Nc1ccc(Cl)cc1. The number of anilines is 1. The van der Waals surface area contributed by atoms with Crippen LogP contribution in [-0.2, 0) is 9.59 Å². The first-order valence-electron chi connectivity index (χ1n) is 6.61. The maximum Gasteiger partial charge on any atom is 0.238 e. The zero-order valence-corrected chi connectivity index (χ0v) is 12.1. The van der Waals surface area contributed by atoms with Crippen LogP contribution in [0.1, 0.15) is 12.8 Å². The molecule has 6 heteroatoms. The van der Waals surface area contributed by atoms with Crippen molar-refractivity contribution >= 4 is 29.1 Å². The summed E-state index contributed by atoms with van der Waals surface area (Å²) in [6.07, 6.45) is 1.74. The van der Waals surface area contributed by atoms with Crippen molar-refractivity contribution in [2.24, 2.45) is 0 Å². The van der Waals surface area contributed by atoms with E-state index in [4.69, 9.17) is 11.6 Å². The molecule has 108 valence electrons. The molecule has 1 unspecified atom stereocenters. The Morgan fingerprint density at radius 2 is 2.05 bits per heavy atom. The van der Waals surface area contributed by atoms with Gasteiger partial charge in [-0.3, -0.25) is 14.5 Å². The maximum absolute atomic E-state index is 12.0. The van der Waals surface area contributed by atoms with Crippen molar-refractivity contribution in [1.29, 1.82) is 0 Å². The first-order chi connectivity index (χ1) is 9.60. The number of benzene rings is 1. The number of nitrogens with zero attached hydrogens (tertiary/aromatic N) is 1. The van der Waals surface area contributed by atoms with Gasteiger partial charge in [0.1, 0.15) is 0 Å². The molecule has 5 nitrogen and oxygen atoms in total. The summed E-state index contributed by atoms with van der Waals surface area (Å²) in [5.41, 5.74) is 0.704. The molecular formula is C14H18ClN3O2. The smallest absolute Gasteiger partial charge is 0.238 e. The maximum atomic E-state index is 12.0. The van der Waals surface area contributed by atoms with E-state index >= 15 is 0 Å². The minimum absolute atomic E-state index is 0.0261. The van der Waals surface area contributed by atoms with E-state index in [1.54, 1.807) is 31.3 Å². The molecule has 1 aliphatic rings. The normalized spacial score (nSPS) is 18.8. The minimum Gasteiger partial charge on any atom is -0.358 e. The van der Waals surface area contributed by atoms with Gasteiger partial charge in [0.05, 0.1) is 12.6 Å². The average Bonchev–Trinajstić information content (AvgIpc) is 2.88. The lowest BCUT2D eigenvalue weighted by molar-refractivity contribution is -0.126. The quantitative estimate of drug-likeness (QED) is 0.885. The number of rotatable bonds is 4. The summed E-state index contributed by atoms with van der Waals surface area (Å²) in [5, 5.41) is 6.07. The van der Waals surface area contributed by atoms with Gasteiger partial charge >= 0.3 is 0 Å². The van der Waals surface area contributed by atoms with Crippen LogP contribution < -0.4 is 10.6 Å². The Morgan fingerprint density at radius 3 is 2.70 bits per heavy atom. The predicted octanol–water partition coefficient (Wildman–Crippen LogP) is 1.49. The number of halogens is 1. The Kier molecular flexibility index (Phi) is 4.98. The molecule has 0 aromatic heterocycles. The fourth-order valence-electron chi connectivity index (χ4n) is 2.40. The lowest BCUT2D eigenvalue weighted by atomic mass is 10.2. The van der Waals surface area contributed by atoms with Crippen molar-refractivity contribution in [2.45, 2.75) is 18.9 Å². The van der Waals surface area contributed by atoms with Gasteiger partial charge in [-0.1, -0.05) is 11.6 Å². The molecule has 0 aliphatic carbocycles. The highest BCUT2D eigenvalue weighted by molar-refractivity contribution is 6.30. The van der Waals surface area contributed by atoms with Gasteiger partial charge in [-0.25, -0.2) is 0 Å². The van der Waals surface area contributed by atoms with E-state index in [-0.39, 0.29) is 24.4 Å². The van der Waals surface area contributed by atoms with Crippen molar-refractivity contribution in [2.75, 3.05) is 25.5 Å². The summed E-state index contributed by atoms with van der Waals surface area (Å²) in [4.78, 5) is 25.6. The Labute approximate surface area is 123 Å². The van der Waals surface area contributed by atoms with Crippen LogP contribution in [0.2, 0.25) is 5.02 Å². The fraction of sp³-hybridized carbons (Fsp3) is 0.429. The second kappa shape index (κ2) is 6.72. The lowest BCUT2D eigenvalue weighted by Crippen LogP contribution is -2.45. The second-order valence-electron chi connectivity index (χ2n) is 4.80. The van der Waals surface area contributed by atoms with Gasteiger partial charge in [0.15, 0.2) is 0 Å². The van der Waals surface area contributed by atoms with Gasteiger partial charge in [0.2, 0.25) is 11.8 Å². The highest BCUT2D eigenvalue weighted by Crippen LogP contribution is 2.18. The number of hydrogen-bond donors (Lipinski definition) is 2. The average molecular weight is 296 g/mol. The summed E-state index contributed by atoms with van der Waals surface area (Å²) < 4.78 is 0. The number of likely N-dealkylation sites (tertiary alicyclic amines) is 1. The molecule has 0 spiro atoms. The van der Waals surface area contributed by atoms with Crippen molar-refractivity contribution < 1.29 is 9.59 Å². The highest BCUT2D eigenvalue weighted by Gasteiger charge is 2.31. The summed E-state index contributed by atoms with van der Waals surface area (Å²) >= 11 is 5.79. The molecule has 1 aromatic carbocycles. The first-order valence-corrected chi connectivity index (χ1v) is 6.99. The number of amides is 2. The third kappa shape index (κ3) is 3.71. The Balaban J connectivity index is 1.90. The van der Waals surface area contributed by atoms with E-state index in [1.165, 1.54) is 0 Å². The topological polar surface area (TPSA) is 61.4 Å². The molecule has 20 heavy (non-hydrogen) atoms. The van der Waals surface area contributed by atoms with E-state index in [0.717, 1.165) is 19.4 Å². The monoisotopic (exact) mass is 295 g/mol. The van der Waals surface area contributed by atoms with Crippen molar-refractivity contribution in [3.8, 4) is 0 Å². The van der Waals surface area contributed by atoms with E-state index in [9.17, 15) is 9.59 Å². The van der Waals surface area contributed by atoms with Gasteiger partial charge in [0.25, 0.3) is 0 Å². The van der Waals surface area contributed by atoms with E-state index in [0.29, 0.717) is 10.7 Å². The molecular weight excluding hydrogens is 278 g/mol. The van der Waals surface area contributed by atoms with Gasteiger partial charge in [-0.05, 0) is 43.7 Å². The van der Waals surface area contributed by atoms with E-state index in [2.05, 4.69) is 10.6 Å². The Bertz CT molecular complexity index is 490. The van der Waals surface area contributed by atoms with Gasteiger partial charge in [-0.2, -0.15) is 0 Å². The summed E-state index contributed by atoms with van der Waals surface area (Å²) in [5.74, 6) is -0.148. The number of nitrogens with one attached hydrogen (secondary N) is 2. The van der Waals surface area contributed by atoms with Crippen LogP contribution in [0.15, 0.2) is 24.3 Å². The molecule has 0 bridgehead atoms. The third-order valence-corrected chi connectivity index (χ3v) is 3.64. The van der Waals surface area contributed by atoms with Crippen molar-refractivity contribution in [3.05, 3.63) is 29.3 Å². The standard InChI is InChI=1S/C14H18ClN3O2/c1-16-14(20)12-3-2-8-18(12)9-13(19)17-11-6-4-10(15)5-7-11/h4-7,12H,2-3,8-9H2,1H3,(H,16,20)(H,17,19). The van der Waals surface area contributed by atoms with Crippen LogP contribution in [0, 0.1) is 0 Å². The molecule has 1 aromatic rings. The molecule has 2 rings (SSSR count). The minimum atomic E-state index is -0.198. The number of carbonyl (C=O) groups is 2. The summed E-state index contributed by atoms with van der Waals surface area (Å²) in [6, 6.07) is 6.75. The second-order valence-corrected chi connectivity index (χ2v) is 5.23. The first kappa shape index (κ1) is 14.8. The van der Waals surface area contributed by atoms with E-state index < -0.39 is 0 Å². The Morgan fingerprint density at radius 1 is 1.35 bits per heavy atom. The lowest BCUT2D eigenvalue weighted by Gasteiger charge is -2.22. The van der Waals surface area contributed by atoms with Crippen LogP contribution in [0.3, 0.4) is 0 Å². The zero-order chi connectivity index (χ0) is 14.5.